The maximum Gasteiger partial charge on any atom is 0.295 e. The van der Waals surface area contributed by atoms with Gasteiger partial charge in [0, 0.05) is 28.8 Å². The van der Waals surface area contributed by atoms with Crippen molar-refractivity contribution in [1.29, 1.82) is 0 Å². The first kappa shape index (κ1) is 20.0. The Kier molecular flexibility index (Phi) is 5.63. The number of amides is 1. The third-order valence-electron chi connectivity index (χ3n) is 5.27. The molecule has 0 aliphatic carbocycles. The lowest BCUT2D eigenvalue weighted by Crippen LogP contribution is -2.36. The van der Waals surface area contributed by atoms with Gasteiger partial charge >= 0.3 is 0 Å². The van der Waals surface area contributed by atoms with Crippen LogP contribution < -0.4 is 0 Å². The zero-order chi connectivity index (χ0) is 20.5. The molecule has 2 saturated heterocycles. The van der Waals surface area contributed by atoms with Crippen molar-refractivity contribution in [3.05, 3.63) is 75.3 Å². The Morgan fingerprint density at radius 2 is 1.66 bits per heavy atom. The van der Waals surface area contributed by atoms with Crippen LogP contribution in [0.4, 0.5) is 0 Å². The lowest BCUT2D eigenvalue weighted by Gasteiger charge is -2.27. The van der Waals surface area contributed by atoms with Crippen LogP contribution in [0.5, 0.6) is 0 Å². The number of benzene rings is 2. The number of aliphatic hydroxyl groups is 1. The van der Waals surface area contributed by atoms with Crippen molar-refractivity contribution in [1.82, 2.24) is 4.90 Å². The number of Topliss-reactive ketones (excluding diaryl/α,β-unsaturated/α-hetero) is 1. The standard InChI is InChI=1S/C22H19Cl2NO4/c23-15-7-3-13(4-8-15)19-18(20(26)14-5-9-16(24)10-6-14)21(27)22(28)25(19)12-17-2-1-11-29-17/h3-10,17,19,26H,1-2,11-12H2/t17-,19-/m1/s1. The van der Waals surface area contributed by atoms with E-state index < -0.39 is 17.7 Å². The second-order valence-electron chi connectivity index (χ2n) is 7.14. The first-order chi connectivity index (χ1) is 14.0. The predicted octanol–water partition coefficient (Wildman–Crippen LogP) is 4.59. The average Bonchev–Trinajstić information content (AvgIpc) is 3.31. The molecular weight excluding hydrogens is 413 g/mol. The first-order valence-corrected chi connectivity index (χ1v) is 10.1. The van der Waals surface area contributed by atoms with Crippen LogP contribution in [0.15, 0.2) is 54.1 Å². The predicted molar refractivity (Wildman–Crippen MR) is 111 cm³/mol. The molecule has 4 rings (SSSR count). The van der Waals surface area contributed by atoms with E-state index in [0.717, 1.165) is 12.8 Å². The van der Waals surface area contributed by atoms with Gasteiger partial charge in [0.1, 0.15) is 5.76 Å². The van der Waals surface area contributed by atoms with E-state index in [9.17, 15) is 14.7 Å². The summed E-state index contributed by atoms with van der Waals surface area (Å²) in [5.74, 6) is -1.58. The van der Waals surface area contributed by atoms with Crippen LogP contribution in [-0.2, 0) is 14.3 Å². The summed E-state index contributed by atoms with van der Waals surface area (Å²) >= 11 is 11.9. The van der Waals surface area contributed by atoms with Crippen LogP contribution in [0, 0.1) is 0 Å². The topological polar surface area (TPSA) is 66.8 Å². The molecule has 0 spiro atoms. The van der Waals surface area contributed by atoms with E-state index in [0.29, 0.717) is 27.8 Å². The summed E-state index contributed by atoms with van der Waals surface area (Å²) in [5.41, 5.74) is 1.17. The van der Waals surface area contributed by atoms with Gasteiger partial charge in [0.05, 0.1) is 17.7 Å². The van der Waals surface area contributed by atoms with Gasteiger partial charge < -0.3 is 14.7 Å². The largest absolute Gasteiger partial charge is 0.507 e. The fourth-order valence-corrected chi connectivity index (χ4v) is 4.08. The molecule has 2 aromatic carbocycles. The molecule has 2 aliphatic rings. The summed E-state index contributed by atoms with van der Waals surface area (Å²) in [5, 5.41) is 12.0. The highest BCUT2D eigenvalue weighted by molar-refractivity contribution is 6.46. The molecule has 0 aromatic heterocycles. The number of rotatable bonds is 4. The summed E-state index contributed by atoms with van der Waals surface area (Å²) in [4.78, 5) is 27.3. The number of ketones is 1. The quantitative estimate of drug-likeness (QED) is 0.436. The number of halogens is 2. The van der Waals surface area contributed by atoms with Crippen molar-refractivity contribution >= 4 is 40.7 Å². The Balaban J connectivity index is 1.81. The number of carbonyl (C=O) groups excluding carboxylic acids is 2. The summed E-state index contributed by atoms with van der Waals surface area (Å²) in [6, 6.07) is 12.7. The van der Waals surface area contributed by atoms with Gasteiger partial charge in [0.15, 0.2) is 0 Å². The van der Waals surface area contributed by atoms with Gasteiger partial charge in [-0.15, -0.1) is 0 Å². The van der Waals surface area contributed by atoms with Gasteiger partial charge in [-0.05, 0) is 54.8 Å². The first-order valence-electron chi connectivity index (χ1n) is 9.37. The molecule has 1 N–H and O–H groups in total. The minimum atomic E-state index is -0.716. The molecule has 2 fully saturated rings. The normalized spacial score (nSPS) is 23.7. The van der Waals surface area contributed by atoms with Crippen LogP contribution in [0.1, 0.15) is 30.0 Å². The molecule has 29 heavy (non-hydrogen) atoms. The maximum atomic E-state index is 12.9. The fraction of sp³-hybridized carbons (Fsp3) is 0.273. The highest BCUT2D eigenvalue weighted by Gasteiger charge is 2.47. The number of nitrogens with zero attached hydrogens (tertiary/aromatic N) is 1. The lowest BCUT2D eigenvalue weighted by molar-refractivity contribution is -0.140. The molecule has 0 unspecified atom stereocenters. The summed E-state index contributed by atoms with van der Waals surface area (Å²) in [6.45, 7) is 0.931. The molecule has 1 amide bonds. The summed E-state index contributed by atoms with van der Waals surface area (Å²) in [6.07, 6.45) is 1.62. The number of ether oxygens (including phenoxy) is 1. The number of hydrogen-bond acceptors (Lipinski definition) is 4. The van der Waals surface area contributed by atoms with Gasteiger partial charge in [-0.1, -0.05) is 35.3 Å². The molecule has 150 valence electrons. The molecule has 7 heteroatoms. The number of likely N-dealkylation sites (tertiary alicyclic amines) is 1. The molecule has 0 radical (unpaired) electrons. The third kappa shape index (κ3) is 3.90. The minimum absolute atomic E-state index is 0.0534. The van der Waals surface area contributed by atoms with E-state index in [4.69, 9.17) is 27.9 Å². The number of hydrogen-bond donors (Lipinski definition) is 1. The monoisotopic (exact) mass is 431 g/mol. The average molecular weight is 432 g/mol. The Hall–Kier alpha value is -2.34. The SMILES string of the molecule is O=C1C(=O)N(C[C@H]2CCCO2)[C@H](c2ccc(Cl)cc2)C1=C(O)c1ccc(Cl)cc1. The highest BCUT2D eigenvalue weighted by Crippen LogP contribution is 2.40. The molecule has 2 aliphatic heterocycles. The second kappa shape index (κ2) is 8.19. The second-order valence-corrected chi connectivity index (χ2v) is 8.02. The van der Waals surface area contributed by atoms with Crippen molar-refractivity contribution in [2.75, 3.05) is 13.2 Å². The van der Waals surface area contributed by atoms with E-state index in [2.05, 4.69) is 0 Å². The van der Waals surface area contributed by atoms with Gasteiger partial charge in [0.25, 0.3) is 11.7 Å². The summed E-state index contributed by atoms with van der Waals surface area (Å²) in [7, 11) is 0. The molecule has 0 saturated carbocycles. The van der Waals surface area contributed by atoms with Gasteiger partial charge in [-0.2, -0.15) is 0 Å². The Morgan fingerprint density at radius 1 is 1.03 bits per heavy atom. The lowest BCUT2D eigenvalue weighted by atomic mass is 9.95. The van der Waals surface area contributed by atoms with Crippen LogP contribution in [-0.4, -0.2) is 41.0 Å². The zero-order valence-electron chi connectivity index (χ0n) is 15.5. The van der Waals surface area contributed by atoms with Crippen molar-refractivity contribution in [2.24, 2.45) is 0 Å². The molecule has 0 bridgehead atoms. The summed E-state index contributed by atoms with van der Waals surface area (Å²) < 4.78 is 5.68. The molecule has 5 nitrogen and oxygen atoms in total. The van der Waals surface area contributed by atoms with Gasteiger partial charge in [-0.25, -0.2) is 0 Å². The minimum Gasteiger partial charge on any atom is -0.507 e. The zero-order valence-corrected chi connectivity index (χ0v) is 17.0. The van der Waals surface area contributed by atoms with Crippen molar-refractivity contribution in [2.45, 2.75) is 25.0 Å². The van der Waals surface area contributed by atoms with E-state index in [-0.39, 0.29) is 24.0 Å². The Labute approximate surface area is 178 Å². The molecule has 2 aromatic rings. The molecule has 2 heterocycles. The fourth-order valence-electron chi connectivity index (χ4n) is 3.83. The van der Waals surface area contributed by atoms with Crippen molar-refractivity contribution in [3.63, 3.8) is 0 Å². The Bertz CT molecular complexity index is 963. The molecular formula is C22H19Cl2NO4. The van der Waals surface area contributed by atoms with Crippen LogP contribution >= 0.6 is 23.2 Å². The smallest absolute Gasteiger partial charge is 0.295 e. The van der Waals surface area contributed by atoms with E-state index >= 15 is 0 Å². The van der Waals surface area contributed by atoms with E-state index in [1.807, 2.05) is 0 Å². The maximum absolute atomic E-state index is 12.9. The van der Waals surface area contributed by atoms with Crippen molar-refractivity contribution in [3.8, 4) is 0 Å². The van der Waals surface area contributed by atoms with Crippen molar-refractivity contribution < 1.29 is 19.4 Å². The number of aliphatic hydroxyl groups excluding tert-OH is 1. The van der Waals surface area contributed by atoms with Crippen LogP contribution in [0.25, 0.3) is 5.76 Å². The van der Waals surface area contributed by atoms with Crippen LogP contribution in [0.2, 0.25) is 10.0 Å². The Morgan fingerprint density at radius 3 is 2.24 bits per heavy atom. The van der Waals surface area contributed by atoms with E-state index in [1.54, 1.807) is 48.5 Å². The highest BCUT2D eigenvalue weighted by atomic mass is 35.5. The molecule has 2 atom stereocenters. The van der Waals surface area contributed by atoms with E-state index in [1.165, 1.54) is 4.90 Å². The van der Waals surface area contributed by atoms with Crippen LogP contribution in [0.3, 0.4) is 0 Å². The third-order valence-corrected chi connectivity index (χ3v) is 5.77. The van der Waals surface area contributed by atoms with Gasteiger partial charge in [0.2, 0.25) is 0 Å². The van der Waals surface area contributed by atoms with Gasteiger partial charge in [-0.3, -0.25) is 9.59 Å². The number of carbonyl (C=O) groups is 2.